The molecule has 4 rings (SSSR count). The Morgan fingerprint density at radius 3 is 2.50 bits per heavy atom. The molecule has 0 saturated carbocycles. The Bertz CT molecular complexity index is 1220. The highest BCUT2D eigenvalue weighted by Gasteiger charge is 2.30. The average Bonchev–Trinajstić information content (AvgIpc) is 3.29. The highest BCUT2D eigenvalue weighted by atomic mass is 32.1. The number of carbonyl (C=O) groups is 1. The maximum absolute atomic E-state index is 12.9. The summed E-state index contributed by atoms with van der Waals surface area (Å²) in [6, 6.07) is 21.5. The van der Waals surface area contributed by atoms with Crippen LogP contribution < -0.4 is 10.1 Å². The van der Waals surface area contributed by atoms with Gasteiger partial charge in [-0.2, -0.15) is 13.2 Å². The molecule has 1 heterocycles. The zero-order valence-electron chi connectivity index (χ0n) is 16.6. The largest absolute Gasteiger partial charge is 0.488 e. The van der Waals surface area contributed by atoms with Gasteiger partial charge in [0.05, 0.1) is 11.1 Å². The third-order valence-corrected chi connectivity index (χ3v) is 5.41. The number of hydrogen-bond acceptors (Lipinski definition) is 4. The smallest absolute Gasteiger partial charge is 0.416 e. The lowest BCUT2D eigenvalue weighted by Crippen LogP contribution is -2.13. The molecule has 162 valence electrons. The van der Waals surface area contributed by atoms with Crippen LogP contribution in [-0.2, 0) is 12.8 Å². The summed E-state index contributed by atoms with van der Waals surface area (Å²) in [6.07, 6.45) is -4.49. The number of thiazole rings is 1. The van der Waals surface area contributed by atoms with Crippen LogP contribution >= 0.6 is 11.3 Å². The van der Waals surface area contributed by atoms with Gasteiger partial charge in [0.2, 0.25) is 0 Å². The highest BCUT2D eigenvalue weighted by Crippen LogP contribution is 2.33. The van der Waals surface area contributed by atoms with E-state index in [4.69, 9.17) is 4.74 Å². The zero-order valence-corrected chi connectivity index (χ0v) is 17.4. The number of carbonyl (C=O) groups excluding carboxylic acids is 1. The number of nitrogens with one attached hydrogen (secondary N) is 1. The Labute approximate surface area is 186 Å². The van der Waals surface area contributed by atoms with Crippen LogP contribution in [0.5, 0.6) is 5.75 Å². The summed E-state index contributed by atoms with van der Waals surface area (Å²) >= 11 is 1.25. The number of benzene rings is 3. The molecule has 8 heteroatoms. The Hall–Kier alpha value is -3.65. The van der Waals surface area contributed by atoms with Gasteiger partial charge >= 0.3 is 6.18 Å². The third-order valence-electron chi connectivity index (χ3n) is 4.54. The Balaban J connectivity index is 1.50. The van der Waals surface area contributed by atoms with Crippen LogP contribution in [0.4, 0.5) is 18.9 Å². The van der Waals surface area contributed by atoms with Crippen molar-refractivity contribution in [1.29, 1.82) is 0 Å². The fraction of sp³-hybridized carbons (Fsp3) is 0.0833. The molecule has 4 aromatic rings. The third kappa shape index (κ3) is 5.15. The Kier molecular flexibility index (Phi) is 6.23. The molecule has 1 amide bonds. The van der Waals surface area contributed by atoms with Gasteiger partial charge in [-0.3, -0.25) is 4.79 Å². The van der Waals surface area contributed by atoms with Crippen molar-refractivity contribution in [3.05, 3.63) is 101 Å². The van der Waals surface area contributed by atoms with Crippen LogP contribution in [0.3, 0.4) is 0 Å². The molecule has 1 N–H and O–H groups in total. The quantitative estimate of drug-likeness (QED) is 0.354. The molecule has 0 aliphatic rings. The minimum atomic E-state index is -4.49. The number of aromatic nitrogens is 1. The van der Waals surface area contributed by atoms with Crippen molar-refractivity contribution >= 4 is 22.9 Å². The molecule has 1 aromatic heterocycles. The Morgan fingerprint density at radius 2 is 1.72 bits per heavy atom. The second kappa shape index (κ2) is 9.23. The SMILES string of the molecule is O=C(Nc1cccc(C(F)(F)F)c1)c1csc(-c2ccccc2OCc2ccccc2)n1. The minimum absolute atomic E-state index is 0.0472. The summed E-state index contributed by atoms with van der Waals surface area (Å²) in [5.41, 5.74) is 1.07. The average molecular weight is 454 g/mol. The van der Waals surface area contributed by atoms with Gasteiger partial charge in [-0.05, 0) is 35.9 Å². The number of nitrogens with zero attached hydrogens (tertiary/aromatic N) is 1. The monoisotopic (exact) mass is 454 g/mol. The lowest BCUT2D eigenvalue weighted by atomic mass is 10.2. The second-order valence-electron chi connectivity index (χ2n) is 6.84. The molecule has 0 atom stereocenters. The molecule has 0 aliphatic heterocycles. The van der Waals surface area contributed by atoms with Gasteiger partial charge in [-0.25, -0.2) is 4.98 Å². The summed E-state index contributed by atoms with van der Waals surface area (Å²) in [5.74, 6) is 0.0325. The first-order valence-electron chi connectivity index (χ1n) is 9.60. The van der Waals surface area contributed by atoms with Crippen molar-refractivity contribution in [2.24, 2.45) is 0 Å². The number of alkyl halides is 3. The standard InChI is InChI=1S/C24H17F3N2O2S/c25-24(26,27)17-9-6-10-18(13-17)28-22(30)20-15-32-23(29-20)19-11-4-5-12-21(19)31-14-16-7-2-1-3-8-16/h1-13,15H,14H2,(H,28,30). The van der Waals surface area contributed by atoms with Crippen LogP contribution in [0.25, 0.3) is 10.6 Å². The fourth-order valence-corrected chi connectivity index (χ4v) is 3.80. The molecule has 3 aromatic carbocycles. The minimum Gasteiger partial charge on any atom is -0.488 e. The molecule has 0 bridgehead atoms. The van der Waals surface area contributed by atoms with Crippen molar-refractivity contribution in [2.45, 2.75) is 12.8 Å². The predicted octanol–water partition coefficient (Wildman–Crippen LogP) is 6.66. The van der Waals surface area contributed by atoms with Gasteiger partial charge in [0.15, 0.2) is 0 Å². The van der Waals surface area contributed by atoms with E-state index in [9.17, 15) is 18.0 Å². The first-order chi connectivity index (χ1) is 15.4. The summed E-state index contributed by atoms with van der Waals surface area (Å²) in [5, 5.41) is 4.60. The normalized spacial score (nSPS) is 11.2. The van der Waals surface area contributed by atoms with Gasteiger partial charge in [-0.15, -0.1) is 11.3 Å². The number of rotatable bonds is 6. The van der Waals surface area contributed by atoms with E-state index in [0.29, 0.717) is 17.4 Å². The fourth-order valence-electron chi connectivity index (χ4n) is 2.97. The number of hydrogen-bond donors (Lipinski definition) is 1. The van der Waals surface area contributed by atoms with E-state index in [2.05, 4.69) is 10.3 Å². The molecule has 0 aliphatic carbocycles. The van der Waals surface area contributed by atoms with Gasteiger partial charge < -0.3 is 10.1 Å². The maximum atomic E-state index is 12.9. The van der Waals surface area contributed by atoms with E-state index >= 15 is 0 Å². The number of para-hydroxylation sites is 1. The zero-order chi connectivity index (χ0) is 22.6. The lowest BCUT2D eigenvalue weighted by molar-refractivity contribution is -0.137. The van der Waals surface area contributed by atoms with Crippen LogP contribution in [0.1, 0.15) is 21.6 Å². The van der Waals surface area contributed by atoms with Gasteiger partial charge in [0.1, 0.15) is 23.1 Å². The van der Waals surface area contributed by atoms with E-state index < -0.39 is 17.6 Å². The molecular formula is C24H17F3N2O2S. The van der Waals surface area contributed by atoms with Gasteiger partial charge in [-0.1, -0.05) is 48.5 Å². The lowest BCUT2D eigenvalue weighted by Gasteiger charge is -2.10. The maximum Gasteiger partial charge on any atom is 0.416 e. The van der Waals surface area contributed by atoms with E-state index in [1.165, 1.54) is 23.5 Å². The Morgan fingerprint density at radius 1 is 0.969 bits per heavy atom. The van der Waals surface area contributed by atoms with Crippen LogP contribution in [0.15, 0.2) is 84.2 Å². The van der Waals surface area contributed by atoms with Crippen molar-refractivity contribution in [1.82, 2.24) is 4.98 Å². The highest BCUT2D eigenvalue weighted by molar-refractivity contribution is 7.13. The van der Waals surface area contributed by atoms with Crippen LogP contribution in [-0.4, -0.2) is 10.9 Å². The van der Waals surface area contributed by atoms with E-state index in [1.807, 2.05) is 54.6 Å². The first-order valence-corrected chi connectivity index (χ1v) is 10.5. The van der Waals surface area contributed by atoms with Crippen molar-refractivity contribution in [3.8, 4) is 16.3 Å². The molecular weight excluding hydrogens is 437 g/mol. The van der Waals surface area contributed by atoms with Gasteiger partial charge in [0.25, 0.3) is 5.91 Å². The van der Waals surface area contributed by atoms with E-state index in [-0.39, 0.29) is 11.4 Å². The summed E-state index contributed by atoms with van der Waals surface area (Å²) in [6.45, 7) is 0.381. The topological polar surface area (TPSA) is 51.2 Å². The van der Waals surface area contributed by atoms with Crippen LogP contribution in [0.2, 0.25) is 0 Å². The summed E-state index contributed by atoms with van der Waals surface area (Å²) in [7, 11) is 0. The van der Waals surface area contributed by atoms with Crippen molar-refractivity contribution < 1.29 is 22.7 Å². The van der Waals surface area contributed by atoms with Crippen molar-refractivity contribution in [3.63, 3.8) is 0 Å². The number of ether oxygens (including phenoxy) is 1. The van der Waals surface area contributed by atoms with Crippen LogP contribution in [0, 0.1) is 0 Å². The summed E-state index contributed by atoms with van der Waals surface area (Å²) in [4.78, 5) is 16.9. The molecule has 32 heavy (non-hydrogen) atoms. The molecule has 0 unspecified atom stereocenters. The molecule has 0 radical (unpaired) electrons. The number of halogens is 3. The molecule has 4 nitrogen and oxygen atoms in total. The van der Waals surface area contributed by atoms with E-state index in [1.54, 1.807) is 5.38 Å². The number of anilines is 1. The van der Waals surface area contributed by atoms with Gasteiger partial charge in [0, 0.05) is 11.1 Å². The van der Waals surface area contributed by atoms with Crippen molar-refractivity contribution in [2.75, 3.05) is 5.32 Å². The predicted molar refractivity (Wildman–Crippen MR) is 118 cm³/mol. The molecule has 0 fully saturated rings. The first kappa shape index (κ1) is 21.6. The summed E-state index contributed by atoms with van der Waals surface area (Å²) < 4.78 is 44.6. The second-order valence-corrected chi connectivity index (χ2v) is 7.70. The van der Waals surface area contributed by atoms with E-state index in [0.717, 1.165) is 23.3 Å². The number of amides is 1. The molecule has 0 saturated heterocycles. The molecule has 0 spiro atoms.